The Morgan fingerprint density at radius 2 is 2.03 bits per heavy atom. The van der Waals surface area contributed by atoms with Crippen molar-refractivity contribution in [3.8, 4) is 0 Å². The second-order valence-corrected chi connectivity index (χ2v) is 10.1. The summed E-state index contributed by atoms with van der Waals surface area (Å²) in [6, 6.07) is -0.268. The van der Waals surface area contributed by atoms with E-state index in [1.54, 1.807) is 6.92 Å². The van der Waals surface area contributed by atoms with E-state index in [4.69, 9.17) is 27.9 Å². The summed E-state index contributed by atoms with van der Waals surface area (Å²) in [7, 11) is 0. The van der Waals surface area contributed by atoms with E-state index in [1.807, 2.05) is 20.8 Å². The van der Waals surface area contributed by atoms with Crippen molar-refractivity contribution in [2.24, 2.45) is 16.4 Å². The van der Waals surface area contributed by atoms with Crippen molar-refractivity contribution >= 4 is 46.8 Å². The quantitative estimate of drug-likeness (QED) is 0.307. The second-order valence-electron chi connectivity index (χ2n) is 8.95. The largest absolute Gasteiger partial charge is 0.465 e. The SMILES string of the molecule is CCCCOC(=O)C(C)CC(C)(CC)C(=O)NC1=NN(C2CC(Cl)CCC2Cl)C(=O)C1. The van der Waals surface area contributed by atoms with Crippen molar-refractivity contribution in [3.63, 3.8) is 0 Å². The summed E-state index contributed by atoms with van der Waals surface area (Å²) in [4.78, 5) is 37.8. The van der Waals surface area contributed by atoms with Crippen molar-refractivity contribution in [2.75, 3.05) is 6.61 Å². The number of halogens is 2. The number of carbonyl (C=O) groups excluding carboxylic acids is 3. The van der Waals surface area contributed by atoms with Gasteiger partial charge in [-0.25, -0.2) is 5.01 Å². The number of ether oxygens (including phenoxy) is 1. The van der Waals surface area contributed by atoms with Crippen molar-refractivity contribution in [3.05, 3.63) is 0 Å². The molecule has 1 aliphatic carbocycles. The van der Waals surface area contributed by atoms with Crippen LogP contribution in [0.25, 0.3) is 0 Å². The van der Waals surface area contributed by atoms with Gasteiger partial charge < -0.3 is 10.1 Å². The molecule has 31 heavy (non-hydrogen) atoms. The van der Waals surface area contributed by atoms with Crippen LogP contribution in [0.2, 0.25) is 0 Å². The fraction of sp³-hybridized carbons (Fsp3) is 0.818. The Morgan fingerprint density at radius 1 is 1.32 bits per heavy atom. The van der Waals surface area contributed by atoms with Crippen LogP contribution in [0.1, 0.15) is 79.1 Å². The zero-order valence-corrected chi connectivity index (χ0v) is 20.5. The smallest absolute Gasteiger partial charge is 0.308 e. The lowest BCUT2D eigenvalue weighted by Gasteiger charge is -2.34. The Kier molecular flexibility index (Phi) is 9.62. The van der Waals surface area contributed by atoms with E-state index in [1.165, 1.54) is 5.01 Å². The number of hydrogen-bond acceptors (Lipinski definition) is 5. The molecule has 0 spiro atoms. The van der Waals surface area contributed by atoms with Crippen molar-refractivity contribution in [2.45, 2.75) is 95.9 Å². The summed E-state index contributed by atoms with van der Waals surface area (Å²) in [6.45, 7) is 7.93. The number of nitrogens with one attached hydrogen (secondary N) is 1. The van der Waals surface area contributed by atoms with Crippen LogP contribution in [0, 0.1) is 11.3 Å². The molecule has 1 saturated carbocycles. The molecule has 2 amide bonds. The minimum Gasteiger partial charge on any atom is -0.465 e. The molecule has 0 aromatic heterocycles. The maximum atomic E-state index is 13.1. The second kappa shape index (κ2) is 11.5. The van der Waals surface area contributed by atoms with E-state index >= 15 is 0 Å². The lowest BCUT2D eigenvalue weighted by atomic mass is 9.78. The molecule has 1 aliphatic heterocycles. The third-order valence-corrected chi connectivity index (χ3v) is 7.18. The minimum absolute atomic E-state index is 0.0210. The highest BCUT2D eigenvalue weighted by atomic mass is 35.5. The van der Waals surface area contributed by atoms with Gasteiger partial charge in [0.25, 0.3) is 5.91 Å². The number of unbranched alkanes of at least 4 members (excludes halogenated alkanes) is 1. The highest BCUT2D eigenvalue weighted by Crippen LogP contribution is 2.33. The molecule has 0 saturated heterocycles. The van der Waals surface area contributed by atoms with E-state index in [9.17, 15) is 14.4 Å². The number of carbonyl (C=O) groups is 3. The van der Waals surface area contributed by atoms with E-state index in [2.05, 4.69) is 10.4 Å². The normalized spacial score (nSPS) is 26.8. The zero-order valence-electron chi connectivity index (χ0n) is 19.0. The molecule has 2 aliphatic rings. The Hall–Kier alpha value is -1.34. The van der Waals surface area contributed by atoms with Gasteiger partial charge >= 0.3 is 5.97 Å². The molecule has 5 atom stereocenters. The summed E-state index contributed by atoms with van der Waals surface area (Å²) in [5.74, 6) is -0.827. The highest BCUT2D eigenvalue weighted by molar-refractivity contribution is 6.23. The zero-order chi connectivity index (χ0) is 23.2. The molecule has 5 unspecified atom stereocenters. The molecule has 2 rings (SSSR count). The van der Waals surface area contributed by atoms with E-state index in [0.717, 1.165) is 25.7 Å². The van der Waals surface area contributed by atoms with Crippen LogP contribution in [0.15, 0.2) is 5.10 Å². The van der Waals surface area contributed by atoms with Gasteiger partial charge in [-0.15, -0.1) is 23.2 Å². The Labute approximate surface area is 195 Å². The molecule has 1 fully saturated rings. The van der Waals surface area contributed by atoms with Gasteiger partial charge in [0.1, 0.15) is 5.84 Å². The summed E-state index contributed by atoms with van der Waals surface area (Å²) < 4.78 is 5.29. The molecule has 1 heterocycles. The summed E-state index contributed by atoms with van der Waals surface area (Å²) >= 11 is 12.7. The third kappa shape index (κ3) is 6.82. The fourth-order valence-electron chi connectivity index (χ4n) is 3.98. The predicted octanol–water partition coefficient (Wildman–Crippen LogP) is 4.20. The number of amides is 2. The lowest BCUT2D eigenvalue weighted by molar-refractivity contribution is -0.149. The molecule has 9 heteroatoms. The van der Waals surface area contributed by atoms with Gasteiger partial charge in [0.05, 0.1) is 30.4 Å². The number of nitrogens with zero attached hydrogens (tertiary/aromatic N) is 2. The minimum atomic E-state index is -0.788. The highest BCUT2D eigenvalue weighted by Gasteiger charge is 2.41. The third-order valence-electron chi connectivity index (χ3n) is 6.27. The molecule has 176 valence electrons. The lowest BCUT2D eigenvalue weighted by Crippen LogP contribution is -2.44. The number of alkyl halides is 2. The van der Waals surface area contributed by atoms with Gasteiger partial charge in [0, 0.05) is 10.8 Å². The van der Waals surface area contributed by atoms with E-state index < -0.39 is 11.3 Å². The van der Waals surface area contributed by atoms with Crippen molar-refractivity contribution in [1.29, 1.82) is 0 Å². The first kappa shape index (κ1) is 25.9. The molecule has 0 aromatic carbocycles. The number of rotatable bonds is 9. The average molecular weight is 476 g/mol. The molecule has 0 aromatic rings. The molecule has 0 bridgehead atoms. The van der Waals surface area contributed by atoms with Crippen LogP contribution in [0.3, 0.4) is 0 Å². The molecule has 0 radical (unpaired) electrons. The monoisotopic (exact) mass is 475 g/mol. The van der Waals surface area contributed by atoms with E-state index in [-0.39, 0.29) is 41.0 Å². The summed E-state index contributed by atoms with van der Waals surface area (Å²) in [5.41, 5.74) is -0.788. The maximum Gasteiger partial charge on any atom is 0.308 e. The van der Waals surface area contributed by atoms with Gasteiger partial charge in [-0.1, -0.05) is 34.1 Å². The predicted molar refractivity (Wildman–Crippen MR) is 122 cm³/mol. The summed E-state index contributed by atoms with van der Waals surface area (Å²) in [5, 5.41) is 8.32. The van der Waals surface area contributed by atoms with Crippen molar-refractivity contribution in [1.82, 2.24) is 10.3 Å². The van der Waals surface area contributed by atoms with Crippen LogP contribution in [0.4, 0.5) is 0 Å². The molecule has 1 N–H and O–H groups in total. The van der Waals surface area contributed by atoms with Gasteiger partial charge in [0.2, 0.25) is 5.91 Å². The Balaban J connectivity index is 2.00. The molecular weight excluding hydrogens is 441 g/mol. The van der Waals surface area contributed by atoms with Crippen LogP contribution in [0.5, 0.6) is 0 Å². The number of hydrogen-bond donors (Lipinski definition) is 1. The van der Waals surface area contributed by atoms with E-state index in [0.29, 0.717) is 31.7 Å². The van der Waals surface area contributed by atoms with Crippen LogP contribution >= 0.6 is 23.2 Å². The summed E-state index contributed by atoms with van der Waals surface area (Å²) in [6.07, 6.45) is 4.80. The van der Waals surface area contributed by atoms with Crippen LogP contribution < -0.4 is 5.32 Å². The number of hydrazone groups is 1. The Bertz CT molecular complexity index is 702. The van der Waals surface area contributed by atoms with Gasteiger partial charge in [-0.3, -0.25) is 14.4 Å². The van der Waals surface area contributed by atoms with Crippen LogP contribution in [-0.4, -0.2) is 52.0 Å². The number of esters is 1. The average Bonchev–Trinajstić information content (AvgIpc) is 3.09. The Morgan fingerprint density at radius 3 is 2.68 bits per heavy atom. The molecule has 7 nitrogen and oxygen atoms in total. The first-order chi connectivity index (χ1) is 14.6. The van der Waals surface area contributed by atoms with Crippen molar-refractivity contribution < 1.29 is 19.1 Å². The topological polar surface area (TPSA) is 88.1 Å². The first-order valence-corrected chi connectivity index (χ1v) is 12.1. The van der Waals surface area contributed by atoms with Crippen LogP contribution in [-0.2, 0) is 19.1 Å². The fourth-order valence-corrected chi connectivity index (χ4v) is 4.63. The standard InChI is InChI=1S/C22H35Cl2N3O4/c1-5-7-10-31-20(29)14(3)13-22(4,6-2)21(30)25-18-12-19(28)27(26-18)17-11-15(23)8-9-16(17)24/h14-17H,5-13H2,1-4H3,(H,25,26,30). The van der Waals surface area contributed by atoms with Gasteiger partial charge in [0.15, 0.2) is 0 Å². The van der Waals surface area contributed by atoms with Gasteiger partial charge in [-0.2, -0.15) is 5.10 Å². The maximum absolute atomic E-state index is 13.1. The number of amidine groups is 1. The van der Waals surface area contributed by atoms with Gasteiger partial charge in [-0.05, 0) is 38.5 Å². The molecular formula is C22H35Cl2N3O4. The first-order valence-electron chi connectivity index (χ1n) is 11.3.